The van der Waals surface area contributed by atoms with E-state index in [0.717, 1.165) is 88.9 Å². The van der Waals surface area contributed by atoms with E-state index in [4.69, 9.17) is 11.0 Å². The van der Waals surface area contributed by atoms with E-state index in [1.54, 1.807) is 0 Å². The molecule has 0 spiro atoms. The van der Waals surface area contributed by atoms with Crippen LogP contribution in [0.3, 0.4) is 0 Å². The summed E-state index contributed by atoms with van der Waals surface area (Å²) < 4.78 is 0. The third-order valence-electron chi connectivity index (χ3n) is 20.7. The first-order valence-electron chi connectivity index (χ1n) is 24.7. The van der Waals surface area contributed by atoms with Gasteiger partial charge in [-0.05, 0) is 198 Å². The van der Waals surface area contributed by atoms with Crippen LogP contribution in [0.4, 0.5) is 0 Å². The molecule has 2 heterocycles. The van der Waals surface area contributed by atoms with Crippen LogP contribution >= 0.6 is 0 Å². The van der Waals surface area contributed by atoms with Crippen LogP contribution < -0.4 is 5.73 Å². The molecule has 8 aliphatic carbocycles. The Morgan fingerprint density at radius 3 is 1.46 bits per heavy atom. The number of hydrogen-bond donors (Lipinski definition) is 3. The van der Waals surface area contributed by atoms with Crippen molar-refractivity contribution in [3.05, 3.63) is 23.8 Å². The SMILES string of the molecule is C.C.C[C@@]1(O)CC[C@@]2(C)[C@H](CC[C@@H]3[C@@H]2CC[C@]2(C)[C@@H](C(=O)Cn4ncc(C#N)n4)CC[C@@H]32)C1.C[C@@]1(O)CC[C@@]2(C)[C@H](CC[C@@H]3[C@@H]2CC[C@]2(C)[C@@H](C(=O)Cn4ncc(C(N)=O)n4)CC[C@@H]32)C1. The second-order valence-electron chi connectivity index (χ2n) is 24.0. The minimum atomic E-state index is -0.622. The van der Waals surface area contributed by atoms with E-state index < -0.39 is 17.1 Å². The lowest BCUT2D eigenvalue weighted by atomic mass is 9.44. The molecule has 0 radical (unpaired) electrons. The van der Waals surface area contributed by atoms with Crippen LogP contribution in [0.15, 0.2) is 12.4 Å². The average Bonchev–Trinajstić information content (AvgIpc) is 4.03. The van der Waals surface area contributed by atoms with Gasteiger partial charge in [0, 0.05) is 11.8 Å². The maximum absolute atomic E-state index is 13.3. The highest BCUT2D eigenvalue weighted by atomic mass is 16.3. The number of Topliss-reactive ketones (excluding diaryl/α,β-unsaturated/α-hetero) is 2. The number of nitriles is 1. The van der Waals surface area contributed by atoms with Crippen molar-refractivity contribution in [2.24, 2.45) is 86.6 Å². The molecule has 2 aromatic rings. The Kier molecular flexibility index (Phi) is 13.3. The van der Waals surface area contributed by atoms with Crippen molar-refractivity contribution in [2.45, 2.75) is 196 Å². The number of fused-ring (bicyclic) bond motifs is 10. The molecule has 10 rings (SSSR count). The third kappa shape index (κ3) is 8.45. The van der Waals surface area contributed by atoms with Gasteiger partial charge in [-0.3, -0.25) is 14.4 Å². The molecular weight excluding hydrogens is 817 g/mol. The number of ketones is 2. The Balaban J connectivity index is 0.000000188. The molecular formula is C52H82N8O5. The summed E-state index contributed by atoms with van der Waals surface area (Å²) in [6.07, 6.45) is 22.6. The predicted molar refractivity (Wildman–Crippen MR) is 248 cm³/mol. The Morgan fingerprint density at radius 2 is 1.05 bits per heavy atom. The topological polar surface area (TPSA) is 203 Å². The average molecular weight is 899 g/mol. The molecule has 13 nitrogen and oxygen atoms in total. The van der Waals surface area contributed by atoms with Crippen LogP contribution in [0.5, 0.6) is 0 Å². The van der Waals surface area contributed by atoms with Gasteiger partial charge in [-0.15, -0.1) is 10.2 Å². The summed E-state index contributed by atoms with van der Waals surface area (Å²) in [7, 11) is 0. The molecule has 8 fully saturated rings. The number of nitrogens with zero attached hydrogens (tertiary/aromatic N) is 7. The summed E-state index contributed by atoms with van der Waals surface area (Å²) >= 11 is 0. The molecule has 1 amide bonds. The lowest BCUT2D eigenvalue weighted by Crippen LogP contribution is -2.55. The van der Waals surface area contributed by atoms with Crippen molar-refractivity contribution in [3.8, 4) is 6.07 Å². The Hall–Kier alpha value is -3.50. The first-order chi connectivity index (χ1) is 29.7. The molecule has 65 heavy (non-hydrogen) atoms. The first kappa shape index (κ1) is 49.4. The fourth-order valence-electron chi connectivity index (χ4n) is 17.3. The molecule has 16 atom stereocenters. The van der Waals surface area contributed by atoms with E-state index >= 15 is 0 Å². The van der Waals surface area contributed by atoms with E-state index in [0.29, 0.717) is 46.3 Å². The highest BCUT2D eigenvalue weighted by Gasteiger charge is 2.63. The highest BCUT2D eigenvalue weighted by molar-refractivity contribution is 5.90. The van der Waals surface area contributed by atoms with Gasteiger partial charge < -0.3 is 15.9 Å². The summed E-state index contributed by atoms with van der Waals surface area (Å²) in [6.45, 7) is 14.1. The van der Waals surface area contributed by atoms with Crippen LogP contribution in [0.25, 0.3) is 0 Å². The van der Waals surface area contributed by atoms with Gasteiger partial charge in [0.15, 0.2) is 23.0 Å². The van der Waals surface area contributed by atoms with Gasteiger partial charge in [0.05, 0.1) is 23.6 Å². The molecule has 0 aliphatic heterocycles. The van der Waals surface area contributed by atoms with Crippen LogP contribution in [0, 0.1) is 92.2 Å². The van der Waals surface area contributed by atoms with Gasteiger partial charge >= 0.3 is 0 Å². The predicted octanol–water partition coefficient (Wildman–Crippen LogP) is 8.76. The van der Waals surface area contributed by atoms with Crippen LogP contribution in [-0.4, -0.2) is 68.9 Å². The van der Waals surface area contributed by atoms with Gasteiger partial charge in [-0.25, -0.2) is 0 Å². The quantitative estimate of drug-likeness (QED) is 0.241. The minimum Gasteiger partial charge on any atom is -0.390 e. The monoisotopic (exact) mass is 899 g/mol. The standard InChI is InChI=1S/C25H38N4O3.C25H36N4O2.2CH4/c1-23(32)10-11-24(2)15(12-23)4-5-16-17-6-7-19(25(17,3)9-8-18(16)24)21(30)14-29-27-13-20(28-29)22(26)31;1-23(31)10-11-24(2)16(12-23)4-5-18-19-6-7-21(25(19,3)9-8-20(18)24)22(30)15-29-27-14-17(13-26)28-29;;/h13,15-19,32H,4-12,14H2,1-3H3,(H2,26,31);14,16,18-21,31H,4-12,15H2,1-3H3;2*1H4/t15-,16+,17+,18+,19-,23-,24+,25+;16-,18+,19+,20+,21-,23-,24+,25+;;/m11../s1. The van der Waals surface area contributed by atoms with Gasteiger partial charge in [0.2, 0.25) is 0 Å². The minimum absolute atomic E-state index is 0. The first-order valence-corrected chi connectivity index (χ1v) is 24.7. The van der Waals surface area contributed by atoms with Gasteiger partial charge in [0.1, 0.15) is 19.2 Å². The Bertz CT molecular complexity index is 2140. The zero-order chi connectivity index (χ0) is 44.9. The molecule has 2 aromatic heterocycles. The molecule has 13 heteroatoms. The molecule has 0 bridgehead atoms. The van der Waals surface area contributed by atoms with Crippen molar-refractivity contribution in [1.29, 1.82) is 5.26 Å². The second-order valence-corrected chi connectivity index (χ2v) is 24.0. The van der Waals surface area contributed by atoms with Crippen LogP contribution in [-0.2, 0) is 22.7 Å². The fraction of sp³-hybridized carbons (Fsp3) is 0.846. The summed E-state index contributed by atoms with van der Waals surface area (Å²) in [6, 6.07) is 1.98. The van der Waals surface area contributed by atoms with Crippen molar-refractivity contribution >= 4 is 17.5 Å². The summed E-state index contributed by atoms with van der Waals surface area (Å²) in [5.74, 6) is 5.27. The van der Waals surface area contributed by atoms with E-state index in [9.17, 15) is 24.6 Å². The molecule has 4 N–H and O–H groups in total. The molecule has 360 valence electrons. The highest BCUT2D eigenvalue weighted by Crippen LogP contribution is 2.70. The zero-order valence-corrected chi connectivity index (χ0v) is 38.9. The van der Waals surface area contributed by atoms with E-state index in [-0.39, 0.29) is 73.6 Å². The van der Waals surface area contributed by atoms with Gasteiger partial charge in [-0.1, -0.05) is 42.5 Å². The zero-order valence-electron chi connectivity index (χ0n) is 38.9. The number of aromatic nitrogens is 6. The Morgan fingerprint density at radius 1 is 0.615 bits per heavy atom. The lowest BCUT2D eigenvalue weighted by Gasteiger charge is -2.61. The van der Waals surface area contributed by atoms with E-state index in [1.165, 1.54) is 60.5 Å². The third-order valence-corrected chi connectivity index (χ3v) is 20.7. The number of carbonyl (C=O) groups is 3. The smallest absolute Gasteiger partial charge is 0.270 e. The molecule has 8 saturated carbocycles. The Labute approximate surface area is 388 Å². The molecule has 0 unspecified atom stereocenters. The number of nitrogens with two attached hydrogens (primary N) is 1. The molecule has 8 aliphatic rings. The fourth-order valence-corrected chi connectivity index (χ4v) is 17.3. The van der Waals surface area contributed by atoms with Crippen LogP contribution in [0.2, 0.25) is 0 Å². The van der Waals surface area contributed by atoms with E-state index in [1.807, 2.05) is 19.9 Å². The second kappa shape index (κ2) is 17.5. The number of carbonyl (C=O) groups excluding carboxylic acids is 3. The van der Waals surface area contributed by atoms with E-state index in [2.05, 4.69) is 48.1 Å². The van der Waals surface area contributed by atoms with Gasteiger partial charge in [-0.2, -0.15) is 25.1 Å². The number of aliphatic hydroxyl groups is 2. The van der Waals surface area contributed by atoms with Crippen molar-refractivity contribution < 1.29 is 24.6 Å². The number of rotatable bonds is 7. The van der Waals surface area contributed by atoms with Crippen molar-refractivity contribution in [2.75, 3.05) is 0 Å². The van der Waals surface area contributed by atoms with Crippen molar-refractivity contribution in [1.82, 2.24) is 30.0 Å². The summed E-state index contributed by atoms with van der Waals surface area (Å²) in [5.41, 5.74) is 5.45. The van der Waals surface area contributed by atoms with Crippen molar-refractivity contribution in [3.63, 3.8) is 0 Å². The number of primary amides is 1. The number of amides is 1. The summed E-state index contributed by atoms with van der Waals surface area (Å²) in [4.78, 5) is 40.6. The van der Waals surface area contributed by atoms with Gasteiger partial charge in [0.25, 0.3) is 5.91 Å². The maximum Gasteiger partial charge on any atom is 0.270 e. The normalized spacial score (nSPS) is 44.6. The molecule has 0 saturated heterocycles. The van der Waals surface area contributed by atoms with Crippen LogP contribution in [0.1, 0.15) is 188 Å². The molecule has 0 aromatic carbocycles. The largest absolute Gasteiger partial charge is 0.390 e. The number of hydrogen-bond acceptors (Lipinski definition) is 10. The maximum atomic E-state index is 13.3. The summed E-state index contributed by atoms with van der Waals surface area (Å²) in [5, 5.41) is 46.7. The lowest BCUT2D eigenvalue weighted by molar-refractivity contribution is -0.151.